The predicted octanol–water partition coefficient (Wildman–Crippen LogP) is 0.173. The van der Waals surface area contributed by atoms with Gasteiger partial charge in [0.1, 0.15) is 5.82 Å². The number of hydrogen-bond acceptors (Lipinski definition) is 2. The number of sulfonamides is 1. The molecule has 106 valence electrons. The summed E-state index contributed by atoms with van der Waals surface area (Å²) in [6.45, 7) is 3.84. The molecule has 0 aromatic heterocycles. The molecule has 0 aliphatic carbocycles. The molecule has 0 saturated carbocycles. The molecule has 0 unspecified atom stereocenters. The number of nitrogens with one attached hydrogen (secondary N) is 2. The van der Waals surface area contributed by atoms with Crippen LogP contribution in [0.1, 0.15) is 19.3 Å². The maximum Gasteiger partial charge on any atom is 0.240 e. The van der Waals surface area contributed by atoms with Gasteiger partial charge in [0.2, 0.25) is 10.0 Å². The van der Waals surface area contributed by atoms with Gasteiger partial charge in [0.25, 0.3) is 0 Å². The second kappa shape index (κ2) is 6.45. The minimum absolute atomic E-state index is 0.113. The Morgan fingerprint density at radius 2 is 1.79 bits per heavy atom. The van der Waals surface area contributed by atoms with Crippen LogP contribution in [0.25, 0.3) is 0 Å². The van der Waals surface area contributed by atoms with Crippen molar-refractivity contribution in [2.45, 2.75) is 24.2 Å². The number of halogens is 1. The summed E-state index contributed by atoms with van der Waals surface area (Å²) in [5, 5.41) is 0. The van der Waals surface area contributed by atoms with Gasteiger partial charge < -0.3 is 4.90 Å². The summed E-state index contributed by atoms with van der Waals surface area (Å²) in [6, 6.07) is 4.87. The predicted molar refractivity (Wildman–Crippen MR) is 71.0 cm³/mol. The smallest absolute Gasteiger partial charge is 0.240 e. The fourth-order valence-corrected chi connectivity index (χ4v) is 3.44. The molecule has 0 radical (unpaired) electrons. The van der Waals surface area contributed by atoms with E-state index in [1.54, 1.807) is 4.90 Å². The summed E-state index contributed by atoms with van der Waals surface area (Å²) in [5.41, 5.74) is 0. The number of quaternary nitrogens is 1. The Morgan fingerprint density at radius 1 is 1.16 bits per heavy atom. The largest absolute Gasteiger partial charge is 0.335 e. The molecule has 1 aromatic rings. The highest BCUT2D eigenvalue weighted by molar-refractivity contribution is 7.89. The Balaban J connectivity index is 1.79. The van der Waals surface area contributed by atoms with E-state index >= 15 is 0 Å². The summed E-state index contributed by atoms with van der Waals surface area (Å²) in [4.78, 5) is 1.67. The summed E-state index contributed by atoms with van der Waals surface area (Å²) >= 11 is 0. The van der Waals surface area contributed by atoms with Crippen LogP contribution in [0.2, 0.25) is 0 Å². The maximum absolute atomic E-state index is 12.7. The van der Waals surface area contributed by atoms with Crippen LogP contribution in [0.5, 0.6) is 0 Å². The van der Waals surface area contributed by atoms with Crippen molar-refractivity contribution >= 4 is 10.0 Å². The molecule has 0 atom stereocenters. The average Bonchev–Trinajstić information content (AvgIpc) is 2.88. The first-order chi connectivity index (χ1) is 9.08. The summed E-state index contributed by atoms with van der Waals surface area (Å²) in [6.07, 6.45) is 3.38. The Labute approximate surface area is 113 Å². The van der Waals surface area contributed by atoms with Crippen molar-refractivity contribution in [1.82, 2.24) is 4.72 Å². The topological polar surface area (TPSA) is 50.6 Å². The van der Waals surface area contributed by atoms with E-state index in [-0.39, 0.29) is 4.90 Å². The Morgan fingerprint density at radius 3 is 2.42 bits per heavy atom. The Bertz CT molecular complexity index is 496. The Hall–Kier alpha value is -0.980. The monoisotopic (exact) mass is 287 g/mol. The molecule has 1 aliphatic rings. The van der Waals surface area contributed by atoms with Crippen molar-refractivity contribution in [2.75, 3.05) is 26.2 Å². The molecule has 2 N–H and O–H groups in total. The summed E-state index contributed by atoms with van der Waals surface area (Å²) in [7, 11) is -3.50. The second-order valence-electron chi connectivity index (χ2n) is 4.91. The molecule has 1 aliphatic heterocycles. The molecule has 2 rings (SSSR count). The third-order valence-electron chi connectivity index (χ3n) is 3.43. The SMILES string of the molecule is O=S(=O)(NCCC[NH+]1CCCC1)c1ccc(F)cc1. The molecule has 0 spiro atoms. The maximum atomic E-state index is 12.7. The summed E-state index contributed by atoms with van der Waals surface area (Å²) in [5.74, 6) is -0.434. The highest BCUT2D eigenvalue weighted by Crippen LogP contribution is 2.09. The minimum Gasteiger partial charge on any atom is -0.335 e. The van der Waals surface area contributed by atoms with Crippen molar-refractivity contribution in [1.29, 1.82) is 0 Å². The van der Waals surface area contributed by atoms with Gasteiger partial charge in [-0.3, -0.25) is 0 Å². The first-order valence-electron chi connectivity index (χ1n) is 6.67. The van der Waals surface area contributed by atoms with Crippen LogP contribution in [0, 0.1) is 5.82 Å². The molecule has 1 fully saturated rings. The zero-order valence-corrected chi connectivity index (χ0v) is 11.7. The molecular weight excluding hydrogens is 267 g/mol. The van der Waals surface area contributed by atoms with Gasteiger partial charge in [-0.05, 0) is 24.3 Å². The van der Waals surface area contributed by atoms with Crippen molar-refractivity contribution in [3.05, 3.63) is 30.1 Å². The zero-order valence-electron chi connectivity index (χ0n) is 10.9. The molecule has 0 bridgehead atoms. The van der Waals surface area contributed by atoms with Gasteiger partial charge >= 0.3 is 0 Å². The van der Waals surface area contributed by atoms with E-state index in [2.05, 4.69) is 4.72 Å². The lowest BCUT2D eigenvalue weighted by atomic mass is 10.4. The van der Waals surface area contributed by atoms with Crippen molar-refractivity contribution < 1.29 is 17.7 Å². The molecule has 19 heavy (non-hydrogen) atoms. The van der Waals surface area contributed by atoms with Crippen LogP contribution in [-0.2, 0) is 10.0 Å². The number of hydrogen-bond donors (Lipinski definition) is 2. The van der Waals surface area contributed by atoms with E-state index in [0.29, 0.717) is 6.54 Å². The number of rotatable bonds is 6. The second-order valence-corrected chi connectivity index (χ2v) is 6.68. The molecule has 6 heteroatoms. The third kappa shape index (κ3) is 4.26. The molecule has 0 amide bonds. The number of likely N-dealkylation sites (tertiary alicyclic amines) is 1. The first-order valence-corrected chi connectivity index (χ1v) is 8.15. The van der Waals surface area contributed by atoms with Crippen LogP contribution in [0.15, 0.2) is 29.2 Å². The van der Waals surface area contributed by atoms with Gasteiger partial charge in [-0.2, -0.15) is 0 Å². The van der Waals surface area contributed by atoms with E-state index < -0.39 is 15.8 Å². The Kier molecular flexibility index (Phi) is 4.90. The van der Waals surface area contributed by atoms with Crippen LogP contribution < -0.4 is 9.62 Å². The van der Waals surface area contributed by atoms with E-state index in [4.69, 9.17) is 0 Å². The zero-order chi connectivity index (χ0) is 13.7. The van der Waals surface area contributed by atoms with Gasteiger partial charge in [0, 0.05) is 25.8 Å². The third-order valence-corrected chi connectivity index (χ3v) is 4.91. The lowest BCUT2D eigenvalue weighted by Gasteiger charge is -2.12. The number of benzene rings is 1. The average molecular weight is 287 g/mol. The van der Waals surface area contributed by atoms with Crippen LogP contribution in [0.4, 0.5) is 4.39 Å². The van der Waals surface area contributed by atoms with E-state index in [9.17, 15) is 12.8 Å². The van der Waals surface area contributed by atoms with E-state index in [0.717, 1.165) is 25.1 Å². The van der Waals surface area contributed by atoms with Gasteiger partial charge in [-0.1, -0.05) is 0 Å². The lowest BCUT2D eigenvalue weighted by molar-refractivity contribution is -0.887. The highest BCUT2D eigenvalue weighted by Gasteiger charge is 2.16. The van der Waals surface area contributed by atoms with Crippen LogP contribution in [-0.4, -0.2) is 34.6 Å². The van der Waals surface area contributed by atoms with Gasteiger partial charge in [-0.15, -0.1) is 0 Å². The summed E-state index contributed by atoms with van der Waals surface area (Å²) < 4.78 is 39.1. The highest BCUT2D eigenvalue weighted by atomic mass is 32.2. The quantitative estimate of drug-likeness (QED) is 0.733. The fourth-order valence-electron chi connectivity index (χ4n) is 2.37. The van der Waals surface area contributed by atoms with Gasteiger partial charge in [-0.25, -0.2) is 17.5 Å². The standard InChI is InChI=1S/C13H19FN2O2S/c14-12-4-6-13(7-5-12)19(17,18)15-8-3-11-16-9-1-2-10-16/h4-7,15H,1-3,8-11H2/p+1. The van der Waals surface area contributed by atoms with E-state index in [1.807, 2.05) is 0 Å². The molecule has 1 heterocycles. The lowest BCUT2D eigenvalue weighted by Crippen LogP contribution is -3.10. The van der Waals surface area contributed by atoms with Crippen LogP contribution >= 0.6 is 0 Å². The fraction of sp³-hybridized carbons (Fsp3) is 0.538. The van der Waals surface area contributed by atoms with Crippen molar-refractivity contribution in [2.24, 2.45) is 0 Å². The molecule has 1 aromatic carbocycles. The van der Waals surface area contributed by atoms with Crippen molar-refractivity contribution in [3.8, 4) is 0 Å². The van der Waals surface area contributed by atoms with E-state index in [1.165, 1.54) is 38.1 Å². The van der Waals surface area contributed by atoms with Gasteiger partial charge in [0.05, 0.1) is 24.5 Å². The molecular formula is C13H20FN2O2S+. The molecule has 4 nitrogen and oxygen atoms in total. The van der Waals surface area contributed by atoms with Crippen LogP contribution in [0.3, 0.4) is 0 Å². The first kappa shape index (κ1) is 14.4. The molecule has 1 saturated heterocycles. The minimum atomic E-state index is -3.50. The van der Waals surface area contributed by atoms with Gasteiger partial charge in [0.15, 0.2) is 0 Å². The van der Waals surface area contributed by atoms with Crippen molar-refractivity contribution in [3.63, 3.8) is 0 Å². The normalized spacial score (nSPS) is 16.9.